The number of alkyl halides is 3. The molecular weight excluding hydrogens is 423 g/mol. The van der Waals surface area contributed by atoms with Crippen LogP contribution in [0.3, 0.4) is 0 Å². The van der Waals surface area contributed by atoms with E-state index in [1.807, 2.05) is 0 Å². The van der Waals surface area contributed by atoms with Gasteiger partial charge in [0.05, 0.1) is 4.92 Å². The second kappa shape index (κ2) is 7.88. The van der Waals surface area contributed by atoms with Gasteiger partial charge in [0.15, 0.2) is 4.90 Å². The number of para-hydroxylation sites is 2. The Morgan fingerprint density at radius 3 is 2.20 bits per heavy atom. The van der Waals surface area contributed by atoms with Gasteiger partial charge in [0.25, 0.3) is 15.7 Å². The Bertz CT molecular complexity index is 1050. The van der Waals surface area contributed by atoms with Gasteiger partial charge in [-0.3, -0.25) is 10.1 Å². The molecule has 1 fully saturated rings. The number of nitro benzene ring substituents is 1. The van der Waals surface area contributed by atoms with E-state index >= 15 is 0 Å². The standard InChI is InChI=1S/C19H20F3N3O4S/c1-13-6-5-7-14(2)18(13)23-10-11-24(17(12-23)19(20,21)22)30(28,29)16-9-4-3-8-15(16)25(26)27/h3-9,17H,10-12H2,1-2H3. The number of rotatable bonds is 4. The topological polar surface area (TPSA) is 83.8 Å². The fourth-order valence-electron chi connectivity index (χ4n) is 3.78. The summed E-state index contributed by atoms with van der Waals surface area (Å²) in [5, 5.41) is 11.2. The maximum absolute atomic E-state index is 13.9. The molecule has 1 unspecified atom stereocenters. The Labute approximate surface area is 171 Å². The van der Waals surface area contributed by atoms with Crippen molar-refractivity contribution in [3.05, 3.63) is 63.7 Å². The highest BCUT2D eigenvalue weighted by Crippen LogP contribution is 2.37. The number of benzene rings is 2. The molecule has 0 aliphatic carbocycles. The van der Waals surface area contributed by atoms with Crippen molar-refractivity contribution >= 4 is 21.4 Å². The van der Waals surface area contributed by atoms with Crippen LogP contribution in [0.5, 0.6) is 0 Å². The molecule has 1 aliphatic rings. The molecule has 0 amide bonds. The van der Waals surface area contributed by atoms with Crippen LogP contribution in [0.1, 0.15) is 11.1 Å². The molecule has 1 heterocycles. The van der Waals surface area contributed by atoms with Gasteiger partial charge in [0.2, 0.25) is 0 Å². The van der Waals surface area contributed by atoms with Crippen molar-refractivity contribution < 1.29 is 26.5 Å². The first kappa shape index (κ1) is 22.0. The van der Waals surface area contributed by atoms with Gasteiger partial charge in [-0.05, 0) is 31.0 Å². The van der Waals surface area contributed by atoms with Gasteiger partial charge >= 0.3 is 6.18 Å². The first-order valence-corrected chi connectivity index (χ1v) is 10.5. The summed E-state index contributed by atoms with van der Waals surface area (Å²) in [6, 6.07) is 7.44. The summed E-state index contributed by atoms with van der Waals surface area (Å²) < 4.78 is 68.2. The summed E-state index contributed by atoms with van der Waals surface area (Å²) >= 11 is 0. The molecule has 0 N–H and O–H groups in total. The number of nitrogens with zero attached hydrogens (tertiary/aromatic N) is 3. The van der Waals surface area contributed by atoms with E-state index in [2.05, 4.69) is 0 Å². The van der Waals surface area contributed by atoms with Gasteiger partial charge < -0.3 is 4.90 Å². The first-order chi connectivity index (χ1) is 13.9. The molecule has 1 atom stereocenters. The van der Waals surface area contributed by atoms with Crippen LogP contribution in [0, 0.1) is 24.0 Å². The van der Waals surface area contributed by atoms with Gasteiger partial charge in [0.1, 0.15) is 6.04 Å². The number of sulfonamides is 1. The molecule has 1 saturated heterocycles. The summed E-state index contributed by atoms with van der Waals surface area (Å²) in [6.45, 7) is 2.53. The van der Waals surface area contributed by atoms with Gasteiger partial charge in [-0.2, -0.15) is 17.5 Å². The highest BCUT2D eigenvalue weighted by Gasteiger charge is 2.52. The van der Waals surface area contributed by atoms with E-state index in [9.17, 15) is 31.7 Å². The van der Waals surface area contributed by atoms with Crippen LogP contribution in [0.15, 0.2) is 47.4 Å². The van der Waals surface area contributed by atoms with E-state index in [-0.39, 0.29) is 6.54 Å². The summed E-state index contributed by atoms with van der Waals surface area (Å²) in [5.41, 5.74) is 1.45. The van der Waals surface area contributed by atoms with E-state index in [4.69, 9.17) is 0 Å². The van der Waals surface area contributed by atoms with Crippen LogP contribution in [-0.2, 0) is 10.0 Å². The zero-order valence-electron chi connectivity index (χ0n) is 16.3. The number of hydrogen-bond donors (Lipinski definition) is 0. The van der Waals surface area contributed by atoms with E-state index < -0.39 is 50.8 Å². The Morgan fingerprint density at radius 1 is 1.03 bits per heavy atom. The van der Waals surface area contributed by atoms with Crippen molar-refractivity contribution in [2.75, 3.05) is 24.5 Å². The van der Waals surface area contributed by atoms with Crippen LogP contribution >= 0.6 is 0 Å². The molecule has 162 valence electrons. The molecule has 0 radical (unpaired) electrons. The average Bonchev–Trinajstić information content (AvgIpc) is 2.67. The Balaban J connectivity index is 2.04. The SMILES string of the molecule is Cc1cccc(C)c1N1CCN(S(=O)(=O)c2ccccc2[N+](=O)[O-])C(C(F)(F)F)C1. The van der Waals surface area contributed by atoms with Crippen LogP contribution in [0.4, 0.5) is 24.5 Å². The van der Waals surface area contributed by atoms with Crippen LogP contribution in [0.2, 0.25) is 0 Å². The third kappa shape index (κ3) is 3.99. The van der Waals surface area contributed by atoms with Gasteiger partial charge in [-0.1, -0.05) is 30.3 Å². The maximum Gasteiger partial charge on any atom is 0.406 e. The zero-order chi connectivity index (χ0) is 22.3. The van der Waals surface area contributed by atoms with Gasteiger partial charge in [-0.25, -0.2) is 8.42 Å². The smallest absolute Gasteiger partial charge is 0.368 e. The largest absolute Gasteiger partial charge is 0.406 e. The third-order valence-electron chi connectivity index (χ3n) is 5.11. The monoisotopic (exact) mass is 443 g/mol. The number of nitro groups is 1. The molecule has 0 spiro atoms. The van der Waals surface area contributed by atoms with Crippen molar-refractivity contribution in [1.82, 2.24) is 4.31 Å². The zero-order valence-corrected chi connectivity index (χ0v) is 17.1. The van der Waals surface area contributed by atoms with Crippen molar-refractivity contribution in [1.29, 1.82) is 0 Å². The van der Waals surface area contributed by atoms with Crippen molar-refractivity contribution in [2.24, 2.45) is 0 Å². The fourth-order valence-corrected chi connectivity index (χ4v) is 5.53. The van der Waals surface area contributed by atoms with Gasteiger partial charge in [-0.15, -0.1) is 0 Å². The highest BCUT2D eigenvalue weighted by molar-refractivity contribution is 7.89. The van der Waals surface area contributed by atoms with Crippen molar-refractivity contribution in [3.8, 4) is 0 Å². The van der Waals surface area contributed by atoms with Crippen molar-refractivity contribution in [2.45, 2.75) is 31.0 Å². The van der Waals surface area contributed by atoms with E-state index in [0.717, 1.165) is 23.3 Å². The number of hydrogen-bond acceptors (Lipinski definition) is 5. The normalized spacial score (nSPS) is 18.4. The lowest BCUT2D eigenvalue weighted by atomic mass is 10.1. The minimum absolute atomic E-state index is 0.0259. The molecule has 11 heteroatoms. The van der Waals surface area contributed by atoms with E-state index in [1.165, 1.54) is 17.0 Å². The predicted molar refractivity (Wildman–Crippen MR) is 105 cm³/mol. The molecule has 0 bridgehead atoms. The molecule has 2 aromatic carbocycles. The number of piperazine rings is 1. The molecule has 1 aliphatic heterocycles. The Hall–Kier alpha value is -2.66. The quantitative estimate of drug-likeness (QED) is 0.532. The molecule has 2 aromatic rings. The third-order valence-corrected chi connectivity index (χ3v) is 7.07. The molecule has 0 saturated carbocycles. The molecule has 30 heavy (non-hydrogen) atoms. The molecule has 7 nitrogen and oxygen atoms in total. The highest BCUT2D eigenvalue weighted by atomic mass is 32.2. The lowest BCUT2D eigenvalue weighted by molar-refractivity contribution is -0.387. The summed E-state index contributed by atoms with van der Waals surface area (Å²) in [7, 11) is -4.75. The van der Waals surface area contributed by atoms with Crippen LogP contribution in [0.25, 0.3) is 0 Å². The Kier molecular flexibility index (Phi) is 5.79. The maximum atomic E-state index is 13.9. The van der Waals surface area contributed by atoms with Crippen molar-refractivity contribution in [3.63, 3.8) is 0 Å². The molecule has 0 aromatic heterocycles. The lowest BCUT2D eigenvalue weighted by Crippen LogP contribution is -2.60. The van der Waals surface area contributed by atoms with Crippen LogP contribution in [-0.4, -0.2) is 49.5 Å². The predicted octanol–water partition coefficient (Wildman–Crippen LogP) is 3.65. The summed E-state index contributed by atoms with van der Waals surface area (Å²) in [5.74, 6) is 0. The molecular formula is C19H20F3N3O4S. The summed E-state index contributed by atoms with van der Waals surface area (Å²) in [4.78, 5) is 11.1. The number of anilines is 1. The minimum Gasteiger partial charge on any atom is -0.368 e. The minimum atomic E-state index is -4.86. The second-order valence-electron chi connectivity index (χ2n) is 7.08. The first-order valence-electron chi connectivity index (χ1n) is 9.07. The number of halogens is 3. The fraction of sp³-hybridized carbons (Fsp3) is 0.368. The molecule has 3 rings (SSSR count). The van der Waals surface area contributed by atoms with E-state index in [1.54, 1.807) is 32.0 Å². The lowest BCUT2D eigenvalue weighted by Gasteiger charge is -2.42. The second-order valence-corrected chi connectivity index (χ2v) is 8.94. The average molecular weight is 443 g/mol. The van der Waals surface area contributed by atoms with E-state index in [0.29, 0.717) is 9.99 Å². The van der Waals surface area contributed by atoms with Crippen LogP contribution < -0.4 is 4.90 Å². The van der Waals surface area contributed by atoms with Gasteiger partial charge in [0, 0.05) is 31.4 Å². The number of aryl methyl sites for hydroxylation is 2. The Morgan fingerprint density at radius 2 is 1.63 bits per heavy atom. The summed E-state index contributed by atoms with van der Waals surface area (Å²) in [6.07, 6.45) is -4.86.